The van der Waals surface area contributed by atoms with Crippen LogP contribution in [0.5, 0.6) is 0 Å². The molecule has 0 rings (SSSR count). The molecule has 0 aliphatic carbocycles. The van der Waals surface area contributed by atoms with E-state index in [-0.39, 0.29) is 16.9 Å². The van der Waals surface area contributed by atoms with Crippen LogP contribution in [-0.2, 0) is 4.79 Å². The minimum absolute atomic E-state index is 0.0129. The Labute approximate surface area is 86.4 Å². The number of amides is 1. The third-order valence-corrected chi connectivity index (χ3v) is 2.81. The van der Waals surface area contributed by atoms with Crippen LogP contribution in [0.25, 0.3) is 0 Å². The van der Waals surface area contributed by atoms with Crippen LogP contribution in [0, 0.1) is 5.41 Å². The van der Waals surface area contributed by atoms with E-state index in [1.54, 1.807) is 0 Å². The summed E-state index contributed by atoms with van der Waals surface area (Å²) in [6.07, 6.45) is 0.427. The third-order valence-electron chi connectivity index (χ3n) is 2.81. The van der Waals surface area contributed by atoms with E-state index in [0.717, 1.165) is 0 Å². The van der Waals surface area contributed by atoms with Crippen LogP contribution in [0.2, 0.25) is 0 Å². The first-order valence-corrected chi connectivity index (χ1v) is 4.96. The summed E-state index contributed by atoms with van der Waals surface area (Å²) in [7, 11) is 0. The molecule has 0 aliphatic heterocycles. The summed E-state index contributed by atoms with van der Waals surface area (Å²) in [6.45, 7) is 8.86. The van der Waals surface area contributed by atoms with Gasteiger partial charge in [-0.05, 0) is 19.3 Å². The van der Waals surface area contributed by atoms with E-state index >= 15 is 0 Å². The molecule has 0 aromatic heterocycles. The summed E-state index contributed by atoms with van der Waals surface area (Å²) in [5.74, 6) is 0.0129. The molecule has 0 aromatic carbocycles. The fourth-order valence-corrected chi connectivity index (χ4v) is 0.903. The van der Waals surface area contributed by atoms with Gasteiger partial charge in [0.15, 0.2) is 0 Å². The molecule has 0 atom stereocenters. The standard InChI is InChI=1S/C10H23N3O/c1-9(2,10(3,4)12)7-8(14)13-6-5-11/h5-7,11-12H2,1-4H3,(H,13,14). The SMILES string of the molecule is CC(C)(N)C(C)(C)CC(=O)NCCN. The van der Waals surface area contributed by atoms with E-state index in [9.17, 15) is 4.79 Å². The van der Waals surface area contributed by atoms with E-state index in [1.165, 1.54) is 0 Å². The molecular formula is C10H23N3O. The lowest BCUT2D eigenvalue weighted by molar-refractivity contribution is -0.123. The summed E-state index contributed by atoms with van der Waals surface area (Å²) >= 11 is 0. The molecule has 0 heterocycles. The maximum absolute atomic E-state index is 11.4. The van der Waals surface area contributed by atoms with Gasteiger partial charge in [-0.1, -0.05) is 13.8 Å². The number of carbonyl (C=O) groups is 1. The summed E-state index contributed by atoms with van der Waals surface area (Å²) in [5.41, 5.74) is 10.7. The van der Waals surface area contributed by atoms with Crippen molar-refractivity contribution in [3.8, 4) is 0 Å². The van der Waals surface area contributed by atoms with Crippen molar-refractivity contribution in [2.45, 2.75) is 39.7 Å². The molecule has 1 amide bonds. The van der Waals surface area contributed by atoms with Crippen LogP contribution >= 0.6 is 0 Å². The van der Waals surface area contributed by atoms with E-state index in [1.807, 2.05) is 27.7 Å². The van der Waals surface area contributed by atoms with E-state index < -0.39 is 0 Å². The summed E-state index contributed by atoms with van der Waals surface area (Å²) < 4.78 is 0. The zero-order chi connectivity index (χ0) is 11.4. The lowest BCUT2D eigenvalue weighted by Gasteiger charge is -2.38. The van der Waals surface area contributed by atoms with Crippen molar-refractivity contribution in [3.63, 3.8) is 0 Å². The van der Waals surface area contributed by atoms with Crippen LogP contribution in [0.3, 0.4) is 0 Å². The first kappa shape index (κ1) is 13.4. The number of carbonyl (C=O) groups excluding carboxylic acids is 1. The lowest BCUT2D eigenvalue weighted by Crippen LogP contribution is -2.49. The highest BCUT2D eigenvalue weighted by molar-refractivity contribution is 5.76. The van der Waals surface area contributed by atoms with Gasteiger partial charge in [-0.15, -0.1) is 0 Å². The van der Waals surface area contributed by atoms with Gasteiger partial charge >= 0.3 is 0 Å². The molecule has 0 radical (unpaired) electrons. The van der Waals surface area contributed by atoms with Gasteiger partial charge < -0.3 is 16.8 Å². The van der Waals surface area contributed by atoms with E-state index in [4.69, 9.17) is 11.5 Å². The maximum Gasteiger partial charge on any atom is 0.220 e. The molecule has 0 aliphatic rings. The van der Waals surface area contributed by atoms with Crippen LogP contribution in [0.1, 0.15) is 34.1 Å². The van der Waals surface area contributed by atoms with Crippen molar-refractivity contribution in [2.24, 2.45) is 16.9 Å². The minimum atomic E-state index is -0.368. The Balaban J connectivity index is 4.16. The predicted molar refractivity (Wildman–Crippen MR) is 58.7 cm³/mol. The molecule has 0 aromatic rings. The number of hydrogen-bond acceptors (Lipinski definition) is 3. The Morgan fingerprint density at radius 2 is 1.79 bits per heavy atom. The molecule has 5 N–H and O–H groups in total. The molecule has 14 heavy (non-hydrogen) atoms. The Morgan fingerprint density at radius 3 is 2.14 bits per heavy atom. The Morgan fingerprint density at radius 1 is 1.29 bits per heavy atom. The average molecular weight is 201 g/mol. The van der Waals surface area contributed by atoms with Crippen molar-refractivity contribution in [1.82, 2.24) is 5.32 Å². The second-order valence-electron chi connectivity index (χ2n) is 4.92. The molecule has 84 valence electrons. The van der Waals surface area contributed by atoms with Crippen molar-refractivity contribution in [2.75, 3.05) is 13.1 Å². The average Bonchev–Trinajstić information content (AvgIpc) is 1.97. The second-order valence-corrected chi connectivity index (χ2v) is 4.92. The fraction of sp³-hybridized carbons (Fsp3) is 0.900. The van der Waals surface area contributed by atoms with E-state index in [0.29, 0.717) is 19.5 Å². The number of nitrogens with one attached hydrogen (secondary N) is 1. The Hall–Kier alpha value is -0.610. The van der Waals surface area contributed by atoms with Crippen LogP contribution in [-0.4, -0.2) is 24.5 Å². The third kappa shape index (κ3) is 4.07. The van der Waals surface area contributed by atoms with Crippen LogP contribution in [0.15, 0.2) is 0 Å². The fourth-order valence-electron chi connectivity index (χ4n) is 0.903. The van der Waals surface area contributed by atoms with Gasteiger partial charge in [0.05, 0.1) is 0 Å². The number of hydrogen-bond donors (Lipinski definition) is 3. The monoisotopic (exact) mass is 201 g/mol. The molecule has 4 heteroatoms. The van der Waals surface area contributed by atoms with Gasteiger partial charge in [-0.2, -0.15) is 0 Å². The highest BCUT2D eigenvalue weighted by Gasteiger charge is 2.35. The summed E-state index contributed by atoms with van der Waals surface area (Å²) in [5, 5.41) is 2.74. The molecule has 4 nitrogen and oxygen atoms in total. The Kier molecular flexibility index (Phi) is 4.55. The molecule has 0 saturated carbocycles. The first-order chi connectivity index (χ1) is 6.20. The molecule has 0 saturated heterocycles. The number of nitrogens with two attached hydrogens (primary N) is 2. The van der Waals surface area contributed by atoms with Gasteiger partial charge in [0.1, 0.15) is 0 Å². The molecule has 0 bridgehead atoms. The first-order valence-electron chi connectivity index (χ1n) is 4.96. The van der Waals surface area contributed by atoms with Crippen molar-refractivity contribution >= 4 is 5.91 Å². The van der Waals surface area contributed by atoms with Gasteiger partial charge in [-0.25, -0.2) is 0 Å². The Bertz CT molecular complexity index is 194. The van der Waals surface area contributed by atoms with Crippen LogP contribution < -0.4 is 16.8 Å². The predicted octanol–water partition coefficient (Wildman–Crippen LogP) is 0.215. The van der Waals surface area contributed by atoms with Gasteiger partial charge in [-0.3, -0.25) is 4.79 Å². The van der Waals surface area contributed by atoms with Gasteiger partial charge in [0, 0.05) is 25.0 Å². The molecule has 0 unspecified atom stereocenters. The lowest BCUT2D eigenvalue weighted by atomic mass is 9.73. The molecule has 0 fully saturated rings. The highest BCUT2D eigenvalue weighted by Crippen LogP contribution is 2.31. The zero-order valence-corrected chi connectivity index (χ0v) is 9.68. The van der Waals surface area contributed by atoms with E-state index in [2.05, 4.69) is 5.32 Å². The van der Waals surface area contributed by atoms with Gasteiger partial charge in [0.2, 0.25) is 5.91 Å². The smallest absolute Gasteiger partial charge is 0.220 e. The van der Waals surface area contributed by atoms with Crippen molar-refractivity contribution in [3.05, 3.63) is 0 Å². The summed E-state index contributed by atoms with van der Waals surface area (Å²) in [6, 6.07) is 0. The minimum Gasteiger partial charge on any atom is -0.355 e. The van der Waals surface area contributed by atoms with Gasteiger partial charge in [0.25, 0.3) is 0 Å². The normalized spacial score (nSPS) is 12.7. The summed E-state index contributed by atoms with van der Waals surface area (Å²) in [4.78, 5) is 11.4. The number of rotatable bonds is 5. The van der Waals surface area contributed by atoms with Crippen molar-refractivity contribution < 1.29 is 4.79 Å². The maximum atomic E-state index is 11.4. The molecule has 0 spiro atoms. The van der Waals surface area contributed by atoms with Crippen LogP contribution in [0.4, 0.5) is 0 Å². The second kappa shape index (κ2) is 4.75. The largest absolute Gasteiger partial charge is 0.355 e. The van der Waals surface area contributed by atoms with Crippen molar-refractivity contribution in [1.29, 1.82) is 0 Å². The topological polar surface area (TPSA) is 81.1 Å². The zero-order valence-electron chi connectivity index (χ0n) is 9.68. The molecular weight excluding hydrogens is 178 g/mol. The highest BCUT2D eigenvalue weighted by atomic mass is 16.1. The quantitative estimate of drug-likeness (QED) is 0.595.